The Morgan fingerprint density at radius 1 is 1.32 bits per heavy atom. The van der Waals surface area contributed by atoms with E-state index in [0.29, 0.717) is 10.7 Å². The minimum Gasteiger partial charge on any atom is -0.480 e. The van der Waals surface area contributed by atoms with Gasteiger partial charge in [0.25, 0.3) is 0 Å². The highest BCUT2D eigenvalue weighted by atomic mass is 35.5. The Kier molecular flexibility index (Phi) is 5.32. The van der Waals surface area contributed by atoms with Crippen molar-refractivity contribution in [1.29, 1.82) is 0 Å². The maximum atomic E-state index is 12.2. The molecule has 0 aliphatic carbocycles. The van der Waals surface area contributed by atoms with Crippen LogP contribution in [0.15, 0.2) is 24.3 Å². The van der Waals surface area contributed by atoms with Gasteiger partial charge in [-0.2, -0.15) is 0 Å². The fraction of sp³-hybridized carbons (Fsp3) is 0.385. The molecular formula is C13H17ClN2O3. The minimum absolute atomic E-state index is 0.0731. The van der Waals surface area contributed by atoms with Gasteiger partial charge in [-0.3, -0.25) is 14.5 Å². The van der Waals surface area contributed by atoms with Crippen LogP contribution in [-0.2, 0) is 9.59 Å². The molecule has 1 rings (SSSR count). The second-order valence-corrected chi connectivity index (χ2v) is 5.00. The number of anilines is 1. The summed E-state index contributed by atoms with van der Waals surface area (Å²) in [6.45, 7) is 3.19. The number of aliphatic carboxylic acids is 1. The SMILES string of the molecule is CC(C)[C@@H](N)C(=O)N(CC(=O)O)c1ccc(Cl)cc1. The van der Waals surface area contributed by atoms with E-state index >= 15 is 0 Å². The summed E-state index contributed by atoms with van der Waals surface area (Å²) in [6.07, 6.45) is 0. The topological polar surface area (TPSA) is 83.6 Å². The largest absolute Gasteiger partial charge is 0.480 e. The van der Waals surface area contributed by atoms with Gasteiger partial charge in [0, 0.05) is 10.7 Å². The van der Waals surface area contributed by atoms with Gasteiger partial charge in [-0.15, -0.1) is 0 Å². The van der Waals surface area contributed by atoms with Crippen LogP contribution in [0.5, 0.6) is 0 Å². The van der Waals surface area contributed by atoms with Crippen LogP contribution in [0.4, 0.5) is 5.69 Å². The smallest absolute Gasteiger partial charge is 0.323 e. The van der Waals surface area contributed by atoms with Gasteiger partial charge in [0.2, 0.25) is 5.91 Å². The fourth-order valence-corrected chi connectivity index (χ4v) is 1.64. The average molecular weight is 285 g/mol. The summed E-state index contributed by atoms with van der Waals surface area (Å²) in [7, 11) is 0. The molecule has 3 N–H and O–H groups in total. The van der Waals surface area contributed by atoms with Gasteiger partial charge in [0.1, 0.15) is 6.54 Å². The molecule has 5 nitrogen and oxygen atoms in total. The van der Waals surface area contributed by atoms with Crippen LogP contribution >= 0.6 is 11.6 Å². The molecule has 0 aliphatic rings. The third kappa shape index (κ3) is 4.22. The number of carboxylic acid groups (broad SMARTS) is 1. The lowest BCUT2D eigenvalue weighted by atomic mass is 10.0. The van der Waals surface area contributed by atoms with Crippen LogP contribution in [0, 0.1) is 5.92 Å². The molecule has 0 fully saturated rings. The lowest BCUT2D eigenvalue weighted by molar-refractivity contribution is -0.136. The molecule has 1 atom stereocenters. The summed E-state index contributed by atoms with van der Waals surface area (Å²) in [6, 6.07) is 5.64. The summed E-state index contributed by atoms with van der Waals surface area (Å²) < 4.78 is 0. The highest BCUT2D eigenvalue weighted by molar-refractivity contribution is 6.30. The zero-order chi connectivity index (χ0) is 14.6. The predicted molar refractivity (Wildman–Crippen MR) is 74.3 cm³/mol. The van der Waals surface area contributed by atoms with Crippen molar-refractivity contribution in [2.24, 2.45) is 11.7 Å². The van der Waals surface area contributed by atoms with E-state index in [1.165, 1.54) is 0 Å². The van der Waals surface area contributed by atoms with Crippen molar-refractivity contribution < 1.29 is 14.7 Å². The third-order valence-electron chi connectivity index (χ3n) is 2.70. The first-order valence-electron chi connectivity index (χ1n) is 5.87. The quantitative estimate of drug-likeness (QED) is 0.863. The van der Waals surface area contributed by atoms with Crippen molar-refractivity contribution in [2.45, 2.75) is 19.9 Å². The molecule has 0 saturated heterocycles. The van der Waals surface area contributed by atoms with E-state index in [1.807, 2.05) is 13.8 Å². The molecule has 0 aromatic heterocycles. The molecule has 1 aromatic carbocycles. The van der Waals surface area contributed by atoms with Crippen LogP contribution in [0.25, 0.3) is 0 Å². The maximum absolute atomic E-state index is 12.2. The van der Waals surface area contributed by atoms with Gasteiger partial charge in [-0.05, 0) is 30.2 Å². The molecule has 0 unspecified atom stereocenters. The van der Waals surface area contributed by atoms with Gasteiger partial charge in [-0.25, -0.2) is 0 Å². The number of carbonyl (C=O) groups is 2. The Morgan fingerprint density at radius 3 is 2.26 bits per heavy atom. The molecular weight excluding hydrogens is 268 g/mol. The normalized spacial score (nSPS) is 12.3. The number of nitrogens with two attached hydrogens (primary N) is 1. The molecule has 19 heavy (non-hydrogen) atoms. The van der Waals surface area contributed by atoms with Crippen molar-refractivity contribution in [2.75, 3.05) is 11.4 Å². The van der Waals surface area contributed by atoms with Crippen molar-refractivity contribution in [3.63, 3.8) is 0 Å². The number of carbonyl (C=O) groups excluding carboxylic acids is 1. The second kappa shape index (κ2) is 6.54. The Labute approximate surface area is 117 Å². The molecule has 0 bridgehead atoms. The lowest BCUT2D eigenvalue weighted by Crippen LogP contribution is -2.48. The van der Waals surface area contributed by atoms with Crippen LogP contribution in [0.3, 0.4) is 0 Å². The number of amides is 1. The summed E-state index contributed by atoms with van der Waals surface area (Å²) in [4.78, 5) is 24.3. The summed E-state index contributed by atoms with van der Waals surface area (Å²) in [5, 5.41) is 9.42. The first-order valence-corrected chi connectivity index (χ1v) is 6.25. The van der Waals surface area contributed by atoms with Gasteiger partial charge in [-0.1, -0.05) is 25.4 Å². The monoisotopic (exact) mass is 284 g/mol. The van der Waals surface area contributed by atoms with Gasteiger partial charge < -0.3 is 10.8 Å². The molecule has 0 spiro atoms. The first-order chi connectivity index (χ1) is 8.82. The number of benzene rings is 1. The lowest BCUT2D eigenvalue weighted by Gasteiger charge is -2.26. The zero-order valence-corrected chi connectivity index (χ0v) is 11.6. The van der Waals surface area contributed by atoms with E-state index in [2.05, 4.69) is 0 Å². The molecule has 1 aromatic rings. The molecule has 104 valence electrons. The molecule has 0 aliphatic heterocycles. The van der Waals surface area contributed by atoms with Crippen molar-refractivity contribution in [1.82, 2.24) is 0 Å². The standard InChI is InChI=1S/C13H17ClN2O3/c1-8(2)12(15)13(19)16(7-11(17)18)10-5-3-9(14)4-6-10/h3-6,8,12H,7,15H2,1-2H3,(H,17,18)/t12-/m1/s1. The van der Waals surface area contributed by atoms with E-state index in [1.54, 1.807) is 24.3 Å². The summed E-state index contributed by atoms with van der Waals surface area (Å²) in [5.74, 6) is -1.59. The van der Waals surface area contributed by atoms with Crippen LogP contribution < -0.4 is 10.6 Å². The number of carboxylic acids is 1. The van der Waals surface area contributed by atoms with E-state index in [-0.39, 0.29) is 5.92 Å². The van der Waals surface area contributed by atoms with Crippen LogP contribution in [0.1, 0.15) is 13.8 Å². The highest BCUT2D eigenvalue weighted by Crippen LogP contribution is 2.19. The number of rotatable bonds is 5. The predicted octanol–water partition coefficient (Wildman–Crippen LogP) is 1.74. The number of halogens is 1. The van der Waals surface area contributed by atoms with Crippen molar-refractivity contribution in [3.05, 3.63) is 29.3 Å². The van der Waals surface area contributed by atoms with E-state index in [4.69, 9.17) is 22.4 Å². The minimum atomic E-state index is -1.10. The first kappa shape index (κ1) is 15.5. The molecule has 1 amide bonds. The number of hydrogen-bond acceptors (Lipinski definition) is 3. The molecule has 6 heteroatoms. The highest BCUT2D eigenvalue weighted by Gasteiger charge is 2.26. The van der Waals surface area contributed by atoms with Gasteiger partial charge >= 0.3 is 5.97 Å². The summed E-state index contributed by atoms with van der Waals surface area (Å²) in [5.41, 5.74) is 6.26. The third-order valence-corrected chi connectivity index (χ3v) is 2.95. The van der Waals surface area contributed by atoms with Gasteiger partial charge in [0.15, 0.2) is 0 Å². The molecule has 0 heterocycles. The zero-order valence-electron chi connectivity index (χ0n) is 10.8. The Bertz CT molecular complexity index is 459. The number of nitrogens with zero attached hydrogens (tertiary/aromatic N) is 1. The van der Waals surface area contributed by atoms with E-state index in [9.17, 15) is 9.59 Å². The van der Waals surface area contributed by atoms with Gasteiger partial charge in [0.05, 0.1) is 6.04 Å². The van der Waals surface area contributed by atoms with Crippen LogP contribution in [0.2, 0.25) is 5.02 Å². The van der Waals surface area contributed by atoms with Crippen molar-refractivity contribution >= 4 is 29.2 Å². The second-order valence-electron chi connectivity index (χ2n) is 4.56. The Morgan fingerprint density at radius 2 is 1.84 bits per heavy atom. The fourth-order valence-electron chi connectivity index (χ4n) is 1.52. The van der Waals surface area contributed by atoms with E-state index in [0.717, 1.165) is 4.90 Å². The average Bonchev–Trinajstić information content (AvgIpc) is 2.35. The van der Waals surface area contributed by atoms with Crippen molar-refractivity contribution in [3.8, 4) is 0 Å². The number of hydrogen-bond donors (Lipinski definition) is 2. The maximum Gasteiger partial charge on any atom is 0.323 e. The Hall–Kier alpha value is -1.59. The molecule has 0 radical (unpaired) electrons. The Balaban J connectivity index is 3.04. The summed E-state index contributed by atoms with van der Waals surface area (Å²) >= 11 is 5.77. The van der Waals surface area contributed by atoms with E-state index < -0.39 is 24.5 Å². The molecule has 0 saturated carbocycles. The van der Waals surface area contributed by atoms with Crippen LogP contribution in [-0.4, -0.2) is 29.6 Å².